The predicted octanol–water partition coefficient (Wildman–Crippen LogP) is 0.206. The summed E-state index contributed by atoms with van der Waals surface area (Å²) in [7, 11) is -3.02. The fraction of sp³-hybridized carbons (Fsp3) is 0.467. The van der Waals surface area contributed by atoms with E-state index in [1.807, 2.05) is 24.3 Å². The van der Waals surface area contributed by atoms with E-state index < -0.39 is 9.84 Å². The molecule has 1 aromatic heterocycles. The second-order valence-corrected chi connectivity index (χ2v) is 8.09. The molecule has 1 saturated heterocycles. The van der Waals surface area contributed by atoms with Crippen LogP contribution >= 0.6 is 0 Å². The molecule has 1 aromatic carbocycles. The van der Waals surface area contributed by atoms with Crippen LogP contribution in [0, 0.1) is 0 Å². The van der Waals surface area contributed by atoms with Gasteiger partial charge < -0.3 is 5.32 Å². The Kier molecular flexibility index (Phi) is 4.61. The molecule has 0 unspecified atom stereocenters. The fourth-order valence-electron chi connectivity index (χ4n) is 2.63. The van der Waals surface area contributed by atoms with Gasteiger partial charge in [-0.25, -0.2) is 8.42 Å². The Morgan fingerprint density at radius 1 is 1.33 bits per heavy atom. The van der Waals surface area contributed by atoms with Gasteiger partial charge in [0, 0.05) is 11.6 Å². The van der Waals surface area contributed by atoms with Gasteiger partial charge in [-0.15, -0.1) is 10.2 Å². The molecule has 3 rings (SSSR count). The van der Waals surface area contributed by atoms with Gasteiger partial charge in [-0.05, 0) is 23.6 Å². The van der Waals surface area contributed by atoms with Crippen molar-refractivity contribution < 1.29 is 13.2 Å². The summed E-state index contributed by atoms with van der Waals surface area (Å²) in [6, 6.07) is 7.52. The summed E-state index contributed by atoms with van der Waals surface area (Å²) >= 11 is 0. The van der Waals surface area contributed by atoms with Crippen molar-refractivity contribution in [1.82, 2.24) is 25.5 Å². The summed E-state index contributed by atoms with van der Waals surface area (Å²) in [6.45, 7) is 1.99. The zero-order chi connectivity index (χ0) is 17.2. The largest absolute Gasteiger partial charge is 0.351 e. The van der Waals surface area contributed by atoms with E-state index in [9.17, 15) is 13.2 Å². The van der Waals surface area contributed by atoms with E-state index in [0.717, 1.165) is 12.0 Å². The number of nitrogens with zero attached hydrogens (tertiary/aromatic N) is 4. The fourth-order valence-corrected chi connectivity index (χ4v) is 4.30. The first-order chi connectivity index (χ1) is 11.4. The number of hydrogen-bond acceptors (Lipinski definition) is 6. The highest BCUT2D eigenvalue weighted by Gasteiger charge is 2.29. The lowest BCUT2D eigenvalue weighted by atomic mass is 10.1. The van der Waals surface area contributed by atoms with Gasteiger partial charge in [-0.1, -0.05) is 31.2 Å². The molecule has 0 saturated carbocycles. The molecule has 2 aromatic rings. The molecule has 8 nitrogen and oxygen atoms in total. The maximum Gasteiger partial charge on any atom is 0.243 e. The number of tetrazole rings is 1. The van der Waals surface area contributed by atoms with Gasteiger partial charge in [0.15, 0.2) is 9.84 Å². The minimum absolute atomic E-state index is 0.00144. The maximum absolute atomic E-state index is 12.0. The number of amides is 1. The zero-order valence-corrected chi connectivity index (χ0v) is 14.2. The summed E-state index contributed by atoms with van der Waals surface area (Å²) in [5, 5.41) is 14.7. The molecule has 0 aliphatic carbocycles. The minimum Gasteiger partial charge on any atom is -0.351 e. The number of nitrogens with one attached hydrogen (secondary N) is 1. The highest BCUT2D eigenvalue weighted by Crippen LogP contribution is 2.15. The Labute approximate surface area is 140 Å². The molecule has 1 aliphatic rings. The van der Waals surface area contributed by atoms with Crippen LogP contribution in [-0.4, -0.2) is 52.1 Å². The van der Waals surface area contributed by atoms with Gasteiger partial charge in [0.2, 0.25) is 11.7 Å². The number of rotatable bonds is 5. The first-order valence-corrected chi connectivity index (χ1v) is 9.64. The van der Waals surface area contributed by atoms with E-state index >= 15 is 0 Å². The van der Waals surface area contributed by atoms with Crippen molar-refractivity contribution >= 4 is 15.7 Å². The first kappa shape index (κ1) is 16.6. The van der Waals surface area contributed by atoms with Crippen molar-refractivity contribution in [3.63, 3.8) is 0 Å². The Hall–Kier alpha value is -2.29. The number of aromatic nitrogens is 4. The van der Waals surface area contributed by atoms with Gasteiger partial charge in [0.25, 0.3) is 0 Å². The average molecular weight is 349 g/mol. The standard InChI is InChI=1S/C15H19N5O3S/c1-2-11-3-5-12(6-4-11)15-17-19-20(18-15)9-14(21)16-13-7-8-24(22,23)10-13/h3-6,13H,2,7-10H2,1H3,(H,16,21)/t13-/m0/s1. The number of benzene rings is 1. The molecule has 1 aliphatic heterocycles. The Morgan fingerprint density at radius 3 is 2.71 bits per heavy atom. The summed E-state index contributed by atoms with van der Waals surface area (Å²) in [5.74, 6) is 0.256. The molecule has 9 heteroatoms. The lowest BCUT2D eigenvalue weighted by Gasteiger charge is -2.09. The van der Waals surface area contributed by atoms with E-state index in [0.29, 0.717) is 12.2 Å². The summed E-state index contributed by atoms with van der Waals surface area (Å²) in [6.07, 6.45) is 1.41. The van der Waals surface area contributed by atoms with Gasteiger partial charge in [-0.2, -0.15) is 4.80 Å². The van der Waals surface area contributed by atoms with Crippen LogP contribution in [0.15, 0.2) is 24.3 Å². The van der Waals surface area contributed by atoms with Crippen LogP contribution in [0.4, 0.5) is 0 Å². The van der Waals surface area contributed by atoms with Crippen LogP contribution < -0.4 is 5.32 Å². The molecule has 1 atom stereocenters. The highest BCUT2D eigenvalue weighted by atomic mass is 32.2. The number of carbonyl (C=O) groups is 1. The number of aryl methyl sites for hydroxylation is 1. The Morgan fingerprint density at radius 2 is 2.08 bits per heavy atom. The second-order valence-electron chi connectivity index (χ2n) is 5.86. The van der Waals surface area contributed by atoms with E-state index in [2.05, 4.69) is 27.7 Å². The van der Waals surface area contributed by atoms with Crippen molar-refractivity contribution in [1.29, 1.82) is 0 Å². The summed E-state index contributed by atoms with van der Waals surface area (Å²) in [5.41, 5.74) is 2.05. The molecule has 1 N–H and O–H groups in total. The van der Waals surface area contributed by atoms with Crippen LogP contribution in [0.25, 0.3) is 11.4 Å². The van der Waals surface area contributed by atoms with Crippen molar-refractivity contribution in [3.05, 3.63) is 29.8 Å². The lowest BCUT2D eigenvalue weighted by molar-refractivity contribution is -0.122. The molecule has 2 heterocycles. The number of carbonyl (C=O) groups excluding carboxylic acids is 1. The van der Waals surface area contributed by atoms with Crippen LogP contribution in [0.3, 0.4) is 0 Å². The molecule has 0 spiro atoms. The van der Waals surface area contributed by atoms with Gasteiger partial charge in [0.05, 0.1) is 11.5 Å². The second kappa shape index (κ2) is 6.68. The van der Waals surface area contributed by atoms with Gasteiger partial charge >= 0.3 is 0 Å². The third-order valence-electron chi connectivity index (χ3n) is 3.96. The van der Waals surface area contributed by atoms with Crippen molar-refractivity contribution in [2.45, 2.75) is 32.4 Å². The highest BCUT2D eigenvalue weighted by molar-refractivity contribution is 7.91. The third kappa shape index (κ3) is 3.97. The van der Waals surface area contributed by atoms with E-state index in [4.69, 9.17) is 0 Å². The normalized spacial score (nSPS) is 19.3. The minimum atomic E-state index is -3.02. The lowest BCUT2D eigenvalue weighted by Crippen LogP contribution is -2.38. The molecular weight excluding hydrogens is 330 g/mol. The molecule has 0 bridgehead atoms. The van der Waals surface area contributed by atoms with Crippen molar-refractivity contribution in [3.8, 4) is 11.4 Å². The zero-order valence-electron chi connectivity index (χ0n) is 13.3. The van der Waals surface area contributed by atoms with Crippen LogP contribution in [0.2, 0.25) is 0 Å². The van der Waals surface area contributed by atoms with E-state index in [1.165, 1.54) is 10.4 Å². The van der Waals surface area contributed by atoms with Crippen LogP contribution in [0.5, 0.6) is 0 Å². The SMILES string of the molecule is CCc1ccc(-c2nnn(CC(=O)N[C@H]3CCS(=O)(=O)C3)n2)cc1. The summed E-state index contributed by atoms with van der Waals surface area (Å²) < 4.78 is 22.8. The molecular formula is C15H19N5O3S. The number of hydrogen-bond donors (Lipinski definition) is 1. The quantitative estimate of drug-likeness (QED) is 0.827. The monoisotopic (exact) mass is 349 g/mol. The smallest absolute Gasteiger partial charge is 0.243 e. The first-order valence-electron chi connectivity index (χ1n) is 7.82. The molecule has 1 fully saturated rings. The van der Waals surface area contributed by atoms with Crippen LogP contribution in [-0.2, 0) is 27.6 Å². The molecule has 1 amide bonds. The maximum atomic E-state index is 12.0. The van der Waals surface area contributed by atoms with Crippen LogP contribution in [0.1, 0.15) is 18.9 Å². The molecule has 24 heavy (non-hydrogen) atoms. The van der Waals surface area contributed by atoms with E-state index in [1.54, 1.807) is 0 Å². The summed E-state index contributed by atoms with van der Waals surface area (Å²) in [4.78, 5) is 13.2. The van der Waals surface area contributed by atoms with Gasteiger partial charge in [-0.3, -0.25) is 4.79 Å². The average Bonchev–Trinajstić information content (AvgIpc) is 3.14. The molecule has 128 valence electrons. The topological polar surface area (TPSA) is 107 Å². The van der Waals surface area contributed by atoms with Gasteiger partial charge in [0.1, 0.15) is 6.54 Å². The van der Waals surface area contributed by atoms with Crippen molar-refractivity contribution in [2.75, 3.05) is 11.5 Å². The molecule has 0 radical (unpaired) electrons. The Balaban J connectivity index is 1.60. The van der Waals surface area contributed by atoms with E-state index in [-0.39, 0.29) is 30.0 Å². The third-order valence-corrected chi connectivity index (χ3v) is 5.72. The Bertz CT molecular complexity index is 829. The van der Waals surface area contributed by atoms with Crippen molar-refractivity contribution in [2.24, 2.45) is 0 Å². The predicted molar refractivity (Wildman–Crippen MR) is 87.8 cm³/mol. The number of sulfone groups is 1.